The second-order valence-corrected chi connectivity index (χ2v) is 18.6. The van der Waals surface area contributed by atoms with Crippen LogP contribution in [0.25, 0.3) is 11.0 Å². The van der Waals surface area contributed by atoms with Crippen LogP contribution in [0.15, 0.2) is 82.6 Å². The first-order chi connectivity index (χ1) is 28.5. The average molecular weight is 819 g/mol. The predicted octanol–water partition coefficient (Wildman–Crippen LogP) is 4.37. The molecule has 1 unspecified atom stereocenters. The van der Waals surface area contributed by atoms with Crippen molar-refractivity contribution in [3.8, 4) is 0 Å². The molecule has 9 rings (SSSR count). The normalized spacial score (nSPS) is 22.3. The van der Waals surface area contributed by atoms with E-state index in [1.165, 1.54) is 6.07 Å². The van der Waals surface area contributed by atoms with Crippen molar-refractivity contribution < 1.29 is 27.6 Å². The number of amides is 4. The Morgan fingerprint density at radius 2 is 1.58 bits per heavy atom. The van der Waals surface area contributed by atoms with Crippen molar-refractivity contribution >= 4 is 61.8 Å². The molecule has 2 N–H and O–H groups in total. The van der Waals surface area contributed by atoms with E-state index in [0.29, 0.717) is 73.5 Å². The minimum Gasteiger partial charge on any atom is -0.371 e. The van der Waals surface area contributed by atoms with Crippen LogP contribution in [0, 0.1) is 5.92 Å². The van der Waals surface area contributed by atoms with Gasteiger partial charge in [-0.3, -0.25) is 38.8 Å². The zero-order valence-electron chi connectivity index (χ0n) is 32.6. The molecule has 2 aromatic carbocycles. The van der Waals surface area contributed by atoms with Crippen LogP contribution in [0.1, 0.15) is 84.5 Å². The maximum absolute atomic E-state index is 13.8. The average Bonchev–Trinajstić information content (AvgIpc) is 3.77. The summed E-state index contributed by atoms with van der Waals surface area (Å²) in [6, 6.07) is 14.0. The molecule has 0 radical (unpaired) electrons. The number of carbonyl (C=O) groups excluding carboxylic acids is 4. The van der Waals surface area contributed by atoms with Gasteiger partial charge in [0.15, 0.2) is 9.84 Å². The third-order valence-electron chi connectivity index (χ3n) is 12.8. The molecule has 3 saturated heterocycles. The summed E-state index contributed by atoms with van der Waals surface area (Å²) in [7, 11) is -3.56. The molecule has 59 heavy (non-hydrogen) atoms. The first-order valence-corrected chi connectivity index (χ1v) is 22.0. The van der Waals surface area contributed by atoms with Crippen molar-refractivity contribution in [2.24, 2.45) is 5.92 Å². The van der Waals surface area contributed by atoms with Gasteiger partial charge in [-0.1, -0.05) is 18.2 Å². The molecule has 1 saturated carbocycles. The van der Waals surface area contributed by atoms with Gasteiger partial charge in [0.2, 0.25) is 17.8 Å². The number of hydrogen-bond donors (Lipinski definition) is 2. The molecule has 306 valence electrons. The van der Waals surface area contributed by atoms with Crippen LogP contribution >= 0.6 is 0 Å². The Kier molecular flexibility index (Phi) is 10.2. The molecule has 0 spiro atoms. The van der Waals surface area contributed by atoms with Gasteiger partial charge in [0.25, 0.3) is 17.4 Å². The summed E-state index contributed by atoms with van der Waals surface area (Å²) < 4.78 is 29.2. The highest BCUT2D eigenvalue weighted by Crippen LogP contribution is 2.37. The highest BCUT2D eigenvalue weighted by atomic mass is 32.2. The topological polar surface area (TPSA) is 184 Å². The van der Waals surface area contributed by atoms with Gasteiger partial charge in [0, 0.05) is 49.4 Å². The summed E-state index contributed by atoms with van der Waals surface area (Å²) in [5, 5.41) is 5.69. The number of aromatic nitrogens is 3. The van der Waals surface area contributed by atoms with Crippen LogP contribution in [0.3, 0.4) is 0 Å². The third kappa shape index (κ3) is 7.22. The van der Waals surface area contributed by atoms with Crippen molar-refractivity contribution in [2.45, 2.75) is 80.0 Å². The lowest BCUT2D eigenvalue weighted by Gasteiger charge is -2.38. The Labute approximate surface area is 341 Å². The number of carbonyl (C=O) groups is 4. The molecule has 4 fully saturated rings. The molecule has 0 bridgehead atoms. The highest BCUT2D eigenvalue weighted by molar-refractivity contribution is 7.92. The van der Waals surface area contributed by atoms with E-state index in [2.05, 4.69) is 32.0 Å². The molecule has 16 heteroatoms. The van der Waals surface area contributed by atoms with E-state index in [1.54, 1.807) is 53.2 Å². The molecule has 15 nitrogen and oxygen atoms in total. The number of rotatable bonds is 9. The molecule has 4 aliphatic heterocycles. The predicted molar refractivity (Wildman–Crippen MR) is 220 cm³/mol. The molecule has 4 amide bonds. The minimum atomic E-state index is -3.56. The largest absolute Gasteiger partial charge is 0.371 e. The molecule has 2 aromatic heterocycles. The Bertz CT molecular complexity index is 2560. The van der Waals surface area contributed by atoms with Crippen molar-refractivity contribution in [1.29, 1.82) is 0 Å². The van der Waals surface area contributed by atoms with Gasteiger partial charge in [-0.05, 0) is 113 Å². The van der Waals surface area contributed by atoms with Gasteiger partial charge in [-0.15, -0.1) is 0 Å². The summed E-state index contributed by atoms with van der Waals surface area (Å²) in [6.45, 7) is 7.79. The highest BCUT2D eigenvalue weighted by Gasteiger charge is 2.46. The van der Waals surface area contributed by atoms with Gasteiger partial charge in [0.1, 0.15) is 11.7 Å². The number of likely N-dealkylation sites (tertiary alicyclic amines) is 1. The van der Waals surface area contributed by atoms with Gasteiger partial charge in [0.05, 0.1) is 33.0 Å². The standard InChI is InChI=1S/C43H46N8O7S/c1-26-4-2-6-33(26)50-37(53)15-8-28-24-44-43(47-39(28)50)45-29-9-11-30(12-10-29)59(57,58)31-18-20-48(21-19-31)25-27-16-22-49(23-17-27)34-7-3-5-32-38(34)42(56)51(41(32)55)35-13-14-36(52)46-40(35)54/h3,5,7-12,15,24,27,31,33,35H,1-2,4,6,13-14,16-23,25H2,(H,44,45,47)(H,46,52,54)/t33-,35?/m1/s1. The lowest BCUT2D eigenvalue weighted by atomic mass is 9.94. The van der Waals surface area contributed by atoms with E-state index in [4.69, 9.17) is 4.98 Å². The first-order valence-electron chi connectivity index (χ1n) is 20.4. The summed E-state index contributed by atoms with van der Waals surface area (Å²) in [4.78, 5) is 79.0. The molecule has 4 aromatic rings. The Balaban J connectivity index is 0.783. The zero-order valence-corrected chi connectivity index (χ0v) is 33.5. The van der Waals surface area contributed by atoms with E-state index < -0.39 is 44.8 Å². The lowest BCUT2D eigenvalue weighted by molar-refractivity contribution is -0.136. The first kappa shape index (κ1) is 38.8. The molecule has 1 aliphatic carbocycles. The van der Waals surface area contributed by atoms with Crippen molar-refractivity contribution in [1.82, 2.24) is 29.7 Å². The lowest BCUT2D eigenvalue weighted by Crippen LogP contribution is -2.54. The van der Waals surface area contributed by atoms with Gasteiger partial charge in [-0.2, -0.15) is 4.98 Å². The van der Waals surface area contributed by atoms with Crippen LogP contribution in [0.5, 0.6) is 0 Å². The Hall–Kier alpha value is -5.74. The van der Waals surface area contributed by atoms with Crippen molar-refractivity contribution in [2.75, 3.05) is 42.9 Å². The number of pyridine rings is 1. The number of fused-ring (bicyclic) bond motifs is 2. The fourth-order valence-corrected chi connectivity index (χ4v) is 11.3. The number of sulfone groups is 1. The fourth-order valence-electron chi connectivity index (χ4n) is 9.54. The zero-order chi connectivity index (χ0) is 41.0. The number of allylic oxidation sites excluding steroid dienone is 1. The molecule has 6 heterocycles. The number of benzene rings is 2. The second kappa shape index (κ2) is 15.5. The monoisotopic (exact) mass is 818 g/mol. The molecule has 2 atom stereocenters. The molecular formula is C43H46N8O7S. The minimum absolute atomic E-state index is 0.0688. The van der Waals surface area contributed by atoms with Crippen LogP contribution in [-0.2, 0) is 19.4 Å². The van der Waals surface area contributed by atoms with Gasteiger partial charge >= 0.3 is 0 Å². The van der Waals surface area contributed by atoms with Crippen molar-refractivity contribution in [3.05, 3.63) is 94.4 Å². The number of nitrogens with one attached hydrogen (secondary N) is 2. The summed E-state index contributed by atoms with van der Waals surface area (Å²) in [5.41, 5.74) is 3.32. The van der Waals surface area contributed by atoms with Gasteiger partial charge in [-0.25, -0.2) is 13.4 Å². The number of hydrogen-bond acceptors (Lipinski definition) is 12. The van der Waals surface area contributed by atoms with E-state index in [1.807, 2.05) is 6.07 Å². The van der Waals surface area contributed by atoms with Crippen LogP contribution in [0.4, 0.5) is 17.3 Å². The van der Waals surface area contributed by atoms with Crippen LogP contribution in [0.2, 0.25) is 0 Å². The third-order valence-corrected chi connectivity index (χ3v) is 15.0. The SMILES string of the molecule is C=C1CCC[C@H]1n1c(=O)ccc2cnc(Nc3ccc(S(=O)(=O)C4CCN(CC5CCN(c6cccc7c6C(=O)N(C6CCC(=O)NC6=O)C7=O)CC5)CC4)cc3)nc21. The quantitative estimate of drug-likeness (QED) is 0.180. The number of imide groups is 2. The second-order valence-electron chi connectivity index (χ2n) is 16.4. The number of nitrogens with zero attached hydrogens (tertiary/aromatic N) is 6. The summed E-state index contributed by atoms with van der Waals surface area (Å²) in [5.74, 6) is -1.34. The van der Waals surface area contributed by atoms with E-state index in [9.17, 15) is 32.4 Å². The maximum atomic E-state index is 13.8. The molecular weight excluding hydrogens is 773 g/mol. The van der Waals surface area contributed by atoms with E-state index >= 15 is 0 Å². The summed E-state index contributed by atoms with van der Waals surface area (Å²) in [6.07, 6.45) is 7.38. The van der Waals surface area contributed by atoms with Crippen LogP contribution in [-0.4, -0.2) is 100 Å². The summed E-state index contributed by atoms with van der Waals surface area (Å²) >= 11 is 0. The van der Waals surface area contributed by atoms with Crippen molar-refractivity contribution in [3.63, 3.8) is 0 Å². The number of piperidine rings is 3. The Morgan fingerprint density at radius 3 is 2.29 bits per heavy atom. The molecule has 5 aliphatic rings. The number of anilines is 3. The Morgan fingerprint density at radius 1 is 0.814 bits per heavy atom. The fraction of sp³-hybridized carbons (Fsp3) is 0.419. The van der Waals surface area contributed by atoms with Crippen LogP contribution < -0.4 is 21.1 Å². The smallest absolute Gasteiger partial charge is 0.264 e. The van der Waals surface area contributed by atoms with Gasteiger partial charge < -0.3 is 15.1 Å². The van der Waals surface area contributed by atoms with E-state index in [0.717, 1.165) is 54.5 Å². The maximum Gasteiger partial charge on any atom is 0.264 e. The van der Waals surface area contributed by atoms with E-state index in [-0.39, 0.29) is 34.9 Å².